The fourth-order valence-corrected chi connectivity index (χ4v) is 2.53. The molecule has 0 amide bonds. The molecule has 0 aliphatic heterocycles. The number of aromatic nitrogens is 2. The van der Waals surface area contributed by atoms with Gasteiger partial charge in [0.1, 0.15) is 23.2 Å². The molecule has 0 bridgehead atoms. The molecule has 5 nitrogen and oxygen atoms in total. The lowest BCUT2D eigenvalue weighted by atomic mass is 10.2. The van der Waals surface area contributed by atoms with Gasteiger partial charge in [-0.2, -0.15) is 0 Å². The maximum atomic E-state index is 5.18. The highest BCUT2D eigenvalue weighted by atomic mass is 16.5. The summed E-state index contributed by atoms with van der Waals surface area (Å²) in [6.07, 6.45) is 0. The summed E-state index contributed by atoms with van der Waals surface area (Å²) in [6.45, 7) is 4.64. The second-order valence-corrected chi connectivity index (χ2v) is 5.88. The van der Waals surface area contributed by atoms with E-state index in [0.29, 0.717) is 6.54 Å². The molecular formula is C20H22N4O. The molecule has 1 heterocycles. The number of hydrogen-bond donors (Lipinski definition) is 2. The molecule has 128 valence electrons. The van der Waals surface area contributed by atoms with Crippen LogP contribution in [0.3, 0.4) is 0 Å². The number of benzene rings is 2. The summed E-state index contributed by atoms with van der Waals surface area (Å²) >= 11 is 0. The molecule has 0 spiro atoms. The Bertz CT molecular complexity index is 847. The molecule has 3 aromatic rings. The highest BCUT2D eigenvalue weighted by Gasteiger charge is 2.03. The highest BCUT2D eigenvalue weighted by molar-refractivity contribution is 5.59. The third-order valence-corrected chi connectivity index (χ3v) is 3.76. The molecule has 0 saturated heterocycles. The minimum atomic E-state index is 0.685. The molecular weight excluding hydrogens is 312 g/mol. The van der Waals surface area contributed by atoms with Gasteiger partial charge in [0.15, 0.2) is 0 Å². The zero-order valence-electron chi connectivity index (χ0n) is 14.7. The van der Waals surface area contributed by atoms with Crippen LogP contribution >= 0.6 is 0 Å². The van der Waals surface area contributed by atoms with E-state index in [9.17, 15) is 0 Å². The van der Waals surface area contributed by atoms with Crippen molar-refractivity contribution in [2.75, 3.05) is 17.7 Å². The van der Waals surface area contributed by atoms with Crippen LogP contribution in [0.2, 0.25) is 0 Å². The molecule has 0 unspecified atom stereocenters. The Morgan fingerprint density at radius 1 is 0.920 bits per heavy atom. The van der Waals surface area contributed by atoms with Gasteiger partial charge in [-0.15, -0.1) is 0 Å². The van der Waals surface area contributed by atoms with Crippen molar-refractivity contribution in [2.45, 2.75) is 20.4 Å². The highest BCUT2D eigenvalue weighted by Crippen LogP contribution is 2.19. The Morgan fingerprint density at radius 2 is 1.68 bits per heavy atom. The van der Waals surface area contributed by atoms with Gasteiger partial charge >= 0.3 is 0 Å². The summed E-state index contributed by atoms with van der Waals surface area (Å²) in [7, 11) is 1.67. The number of ether oxygens (including phenoxy) is 1. The summed E-state index contributed by atoms with van der Waals surface area (Å²) < 4.78 is 5.18. The molecule has 2 aromatic carbocycles. The van der Waals surface area contributed by atoms with Crippen molar-refractivity contribution in [3.63, 3.8) is 0 Å². The van der Waals surface area contributed by atoms with Crippen molar-refractivity contribution < 1.29 is 4.74 Å². The molecule has 0 aliphatic carbocycles. The average Bonchev–Trinajstić information content (AvgIpc) is 2.60. The summed E-state index contributed by atoms with van der Waals surface area (Å²) in [6, 6.07) is 18.1. The lowest BCUT2D eigenvalue weighted by molar-refractivity contribution is 0.414. The first-order valence-corrected chi connectivity index (χ1v) is 8.18. The summed E-state index contributed by atoms with van der Waals surface area (Å²) in [5.74, 6) is 3.13. The predicted octanol–water partition coefficient (Wildman–Crippen LogP) is 4.46. The normalized spacial score (nSPS) is 10.4. The van der Waals surface area contributed by atoms with Crippen molar-refractivity contribution in [3.8, 4) is 5.75 Å². The van der Waals surface area contributed by atoms with Crippen LogP contribution in [0.5, 0.6) is 5.75 Å². The van der Waals surface area contributed by atoms with Crippen molar-refractivity contribution in [1.82, 2.24) is 9.97 Å². The third-order valence-electron chi connectivity index (χ3n) is 3.76. The Hall–Kier alpha value is -3.08. The number of nitrogens with zero attached hydrogens (tertiary/aromatic N) is 2. The molecule has 0 saturated carbocycles. The number of rotatable bonds is 6. The fraction of sp³-hybridized carbons (Fsp3) is 0.200. The average molecular weight is 334 g/mol. The van der Waals surface area contributed by atoms with E-state index in [1.807, 2.05) is 49.4 Å². The summed E-state index contributed by atoms with van der Waals surface area (Å²) in [5, 5.41) is 6.68. The molecule has 0 atom stereocenters. The van der Waals surface area contributed by atoms with E-state index in [4.69, 9.17) is 4.74 Å². The van der Waals surface area contributed by atoms with E-state index in [1.165, 1.54) is 5.56 Å². The van der Waals surface area contributed by atoms with E-state index in [1.54, 1.807) is 7.11 Å². The van der Waals surface area contributed by atoms with Crippen LogP contribution in [-0.2, 0) is 6.54 Å². The minimum Gasteiger partial charge on any atom is -0.497 e. The summed E-state index contributed by atoms with van der Waals surface area (Å²) in [4.78, 5) is 8.91. The van der Waals surface area contributed by atoms with Crippen molar-refractivity contribution >= 4 is 17.3 Å². The minimum absolute atomic E-state index is 0.685. The largest absolute Gasteiger partial charge is 0.497 e. The molecule has 0 aliphatic rings. The first-order valence-electron chi connectivity index (χ1n) is 8.18. The SMILES string of the molecule is COc1ccc(CNc2cc(Nc3cccc(C)c3)nc(C)n2)cc1. The second-order valence-electron chi connectivity index (χ2n) is 5.88. The maximum absolute atomic E-state index is 5.18. The molecule has 2 N–H and O–H groups in total. The predicted molar refractivity (Wildman–Crippen MR) is 102 cm³/mol. The fourth-order valence-electron chi connectivity index (χ4n) is 2.53. The first kappa shape index (κ1) is 16.8. The van der Waals surface area contributed by atoms with Gasteiger partial charge in [-0.25, -0.2) is 9.97 Å². The zero-order valence-corrected chi connectivity index (χ0v) is 14.7. The van der Waals surface area contributed by atoms with Gasteiger partial charge in [0.05, 0.1) is 7.11 Å². The Morgan fingerprint density at radius 3 is 2.40 bits per heavy atom. The zero-order chi connectivity index (χ0) is 17.6. The Labute approximate surface area is 148 Å². The lowest BCUT2D eigenvalue weighted by Crippen LogP contribution is -2.05. The maximum Gasteiger partial charge on any atom is 0.136 e. The van der Waals surface area contributed by atoms with Crippen LogP contribution in [0.25, 0.3) is 0 Å². The van der Waals surface area contributed by atoms with Crippen LogP contribution < -0.4 is 15.4 Å². The molecule has 3 rings (SSSR count). The number of aryl methyl sites for hydroxylation is 2. The third kappa shape index (κ3) is 4.70. The number of nitrogens with one attached hydrogen (secondary N) is 2. The van der Waals surface area contributed by atoms with Crippen molar-refractivity contribution in [1.29, 1.82) is 0 Å². The van der Waals surface area contributed by atoms with E-state index in [-0.39, 0.29) is 0 Å². The van der Waals surface area contributed by atoms with Crippen molar-refractivity contribution in [3.05, 3.63) is 71.5 Å². The molecule has 1 aromatic heterocycles. The number of hydrogen-bond acceptors (Lipinski definition) is 5. The van der Waals surface area contributed by atoms with Crippen molar-refractivity contribution in [2.24, 2.45) is 0 Å². The quantitative estimate of drug-likeness (QED) is 0.697. The Kier molecular flexibility index (Phi) is 5.14. The van der Waals surface area contributed by atoms with E-state index >= 15 is 0 Å². The molecule has 0 fully saturated rings. The molecule has 25 heavy (non-hydrogen) atoms. The number of methoxy groups -OCH3 is 1. The van der Waals surface area contributed by atoms with E-state index in [2.05, 4.69) is 39.7 Å². The van der Waals surface area contributed by atoms with E-state index < -0.39 is 0 Å². The van der Waals surface area contributed by atoms with Crippen LogP contribution in [0, 0.1) is 13.8 Å². The van der Waals surface area contributed by atoms with Crippen LogP contribution in [0.4, 0.5) is 17.3 Å². The first-order chi connectivity index (χ1) is 12.1. The lowest BCUT2D eigenvalue weighted by Gasteiger charge is -2.11. The van der Waals surface area contributed by atoms with Gasteiger partial charge in [0.25, 0.3) is 0 Å². The topological polar surface area (TPSA) is 59.1 Å². The van der Waals surface area contributed by atoms with Crippen LogP contribution in [0.1, 0.15) is 17.0 Å². The van der Waals surface area contributed by atoms with Crippen LogP contribution in [-0.4, -0.2) is 17.1 Å². The van der Waals surface area contributed by atoms with Gasteiger partial charge < -0.3 is 15.4 Å². The monoisotopic (exact) mass is 334 g/mol. The Balaban J connectivity index is 1.70. The second kappa shape index (κ2) is 7.66. The number of anilines is 3. The molecule has 0 radical (unpaired) electrons. The van der Waals surface area contributed by atoms with Gasteiger partial charge in [-0.05, 0) is 49.2 Å². The smallest absolute Gasteiger partial charge is 0.136 e. The van der Waals surface area contributed by atoms with E-state index in [0.717, 1.165) is 34.5 Å². The van der Waals surface area contributed by atoms with Crippen LogP contribution in [0.15, 0.2) is 54.6 Å². The van der Waals surface area contributed by atoms with Gasteiger partial charge in [-0.3, -0.25) is 0 Å². The standard InChI is InChI=1S/C20H22N4O/c1-14-5-4-6-17(11-14)24-20-12-19(22-15(2)23-20)21-13-16-7-9-18(25-3)10-8-16/h4-12H,13H2,1-3H3,(H2,21,22,23,24). The molecule has 5 heteroatoms. The van der Waals surface area contributed by atoms with Gasteiger partial charge in [-0.1, -0.05) is 24.3 Å². The van der Waals surface area contributed by atoms with Gasteiger partial charge in [0.2, 0.25) is 0 Å². The summed E-state index contributed by atoms with van der Waals surface area (Å²) in [5.41, 5.74) is 3.37. The van der Waals surface area contributed by atoms with Gasteiger partial charge in [0, 0.05) is 18.3 Å².